The number of hydrogen-bond donors (Lipinski definition) is 1. The summed E-state index contributed by atoms with van der Waals surface area (Å²) in [5, 5.41) is 0.969. The second-order valence-electron chi connectivity index (χ2n) is 6.88. The van der Waals surface area contributed by atoms with Crippen LogP contribution in [0.1, 0.15) is 0 Å². The number of para-hydroxylation sites is 1. The van der Waals surface area contributed by atoms with Gasteiger partial charge in [0.15, 0.2) is 0 Å². The Morgan fingerprint density at radius 2 is 1.80 bits per heavy atom. The van der Waals surface area contributed by atoms with E-state index in [2.05, 4.69) is 20.7 Å². The smallest absolute Gasteiger partial charge is 0.302 e. The van der Waals surface area contributed by atoms with Gasteiger partial charge >= 0.3 is 5.24 Å². The van der Waals surface area contributed by atoms with Crippen molar-refractivity contribution in [3.05, 3.63) is 54.6 Å². The summed E-state index contributed by atoms with van der Waals surface area (Å²) < 4.78 is 13.8. The summed E-state index contributed by atoms with van der Waals surface area (Å²) in [5.74, 6) is 1.31. The fourth-order valence-corrected chi connectivity index (χ4v) is 4.10. The summed E-state index contributed by atoms with van der Waals surface area (Å²) in [5.41, 5.74) is 2.65. The van der Waals surface area contributed by atoms with E-state index in [9.17, 15) is 4.79 Å². The van der Waals surface area contributed by atoms with Gasteiger partial charge in [0.25, 0.3) is 0 Å². The number of methoxy groups -OCH3 is 2. The number of rotatable bonds is 5. The van der Waals surface area contributed by atoms with Crippen molar-refractivity contribution in [2.24, 2.45) is 0 Å². The number of benzene rings is 2. The first kappa shape index (κ1) is 20.2. The number of nitrogens with one attached hydrogen (secondary N) is 1. The Morgan fingerprint density at radius 3 is 2.57 bits per heavy atom. The van der Waals surface area contributed by atoms with Crippen LogP contribution in [-0.2, 0) is 0 Å². The van der Waals surface area contributed by atoms with E-state index in [1.54, 1.807) is 14.2 Å². The molecule has 3 aromatic rings. The summed E-state index contributed by atoms with van der Waals surface area (Å²) in [6.45, 7) is 2.89. The van der Waals surface area contributed by atoms with Crippen LogP contribution in [0, 0.1) is 0 Å². The predicted octanol–water partition coefficient (Wildman–Crippen LogP) is 4.25. The van der Waals surface area contributed by atoms with Gasteiger partial charge < -0.3 is 24.0 Å². The average Bonchev–Trinajstić information content (AvgIpc) is 2.82. The van der Waals surface area contributed by atoms with Crippen LogP contribution in [0.3, 0.4) is 0 Å². The molecule has 0 spiro atoms. The van der Waals surface area contributed by atoms with Gasteiger partial charge in [-0.15, -0.1) is 0 Å². The monoisotopic (exact) mass is 424 g/mol. The van der Waals surface area contributed by atoms with Gasteiger partial charge in [0.1, 0.15) is 11.4 Å². The molecule has 0 aliphatic carbocycles. The maximum absolute atomic E-state index is 12.7. The number of carbonyl (C=O) groups is 1. The van der Waals surface area contributed by atoms with Crippen LogP contribution in [0.15, 0.2) is 54.6 Å². The van der Waals surface area contributed by atoms with E-state index in [0.29, 0.717) is 24.7 Å². The molecule has 0 atom stereocenters. The Labute approximate surface area is 180 Å². The molecule has 1 amide bonds. The van der Waals surface area contributed by atoms with Gasteiger partial charge in [-0.3, -0.25) is 4.79 Å². The quantitative estimate of drug-likeness (QED) is 0.614. The molecule has 8 heteroatoms. The molecule has 0 saturated carbocycles. The summed E-state index contributed by atoms with van der Waals surface area (Å²) in [4.78, 5) is 21.3. The third kappa shape index (κ3) is 4.38. The molecule has 2 aromatic carbocycles. The highest BCUT2D eigenvalue weighted by atomic mass is 32.2. The van der Waals surface area contributed by atoms with Gasteiger partial charge in [-0.05, 0) is 24.3 Å². The lowest BCUT2D eigenvalue weighted by Crippen LogP contribution is -2.47. The van der Waals surface area contributed by atoms with E-state index in [1.807, 2.05) is 53.4 Å². The molecule has 0 radical (unpaired) electrons. The number of anilines is 2. The average molecular weight is 425 g/mol. The maximum Gasteiger partial charge on any atom is 0.302 e. The molecule has 1 aliphatic rings. The lowest BCUT2D eigenvalue weighted by molar-refractivity contribution is 0.219. The predicted molar refractivity (Wildman–Crippen MR) is 122 cm³/mol. The number of carbonyl (C=O) groups excluding carboxylic acids is 1. The van der Waals surface area contributed by atoms with Crippen LogP contribution in [0.4, 0.5) is 16.2 Å². The highest BCUT2D eigenvalue weighted by molar-refractivity contribution is 8.14. The number of nitrogens with zero attached hydrogens (tertiary/aromatic N) is 3. The lowest BCUT2D eigenvalue weighted by atomic mass is 10.2. The third-order valence-electron chi connectivity index (χ3n) is 5.09. The SMILES string of the molecule is COc1cccc(N2CCN(C(=O)SNc3cc4ccccc4nc3OC)CC2)c1. The molecule has 156 valence electrons. The van der Waals surface area contributed by atoms with Gasteiger partial charge in [0.2, 0.25) is 5.88 Å². The molecule has 2 heterocycles. The van der Waals surface area contributed by atoms with E-state index in [0.717, 1.165) is 47.4 Å². The highest BCUT2D eigenvalue weighted by Crippen LogP contribution is 2.30. The van der Waals surface area contributed by atoms with E-state index in [4.69, 9.17) is 9.47 Å². The largest absolute Gasteiger partial charge is 0.497 e. The molecule has 1 fully saturated rings. The van der Waals surface area contributed by atoms with Crippen molar-refractivity contribution < 1.29 is 14.3 Å². The molecule has 1 N–H and O–H groups in total. The zero-order valence-electron chi connectivity index (χ0n) is 17.0. The number of hydrogen-bond acceptors (Lipinski definition) is 7. The fraction of sp³-hybridized carbons (Fsp3) is 0.273. The van der Waals surface area contributed by atoms with E-state index in [1.165, 1.54) is 0 Å². The Bertz CT molecular complexity index is 1040. The van der Waals surface area contributed by atoms with Gasteiger partial charge in [-0.1, -0.05) is 24.3 Å². The number of aromatic nitrogens is 1. The first-order valence-corrected chi connectivity index (χ1v) is 10.5. The Morgan fingerprint density at radius 1 is 1.00 bits per heavy atom. The van der Waals surface area contributed by atoms with Crippen molar-refractivity contribution >= 4 is 39.5 Å². The molecule has 4 rings (SSSR count). The summed E-state index contributed by atoms with van der Waals surface area (Å²) in [6, 6.07) is 17.8. The second kappa shape index (κ2) is 9.13. The summed E-state index contributed by atoms with van der Waals surface area (Å²) in [6.07, 6.45) is 0. The Kier molecular flexibility index (Phi) is 6.13. The van der Waals surface area contributed by atoms with E-state index >= 15 is 0 Å². The Hall–Kier alpha value is -3.13. The van der Waals surface area contributed by atoms with Crippen molar-refractivity contribution in [1.82, 2.24) is 9.88 Å². The topological polar surface area (TPSA) is 66.9 Å². The molecular weight excluding hydrogens is 400 g/mol. The highest BCUT2D eigenvalue weighted by Gasteiger charge is 2.22. The van der Waals surface area contributed by atoms with Crippen molar-refractivity contribution in [2.45, 2.75) is 0 Å². The molecule has 1 aliphatic heterocycles. The van der Waals surface area contributed by atoms with E-state index < -0.39 is 0 Å². The van der Waals surface area contributed by atoms with Gasteiger partial charge in [0.05, 0.1) is 19.7 Å². The zero-order valence-corrected chi connectivity index (χ0v) is 17.8. The second-order valence-corrected chi connectivity index (χ2v) is 7.64. The number of fused-ring (bicyclic) bond motifs is 1. The molecule has 0 unspecified atom stereocenters. The molecule has 1 aromatic heterocycles. The molecule has 1 saturated heterocycles. The summed E-state index contributed by atoms with van der Waals surface area (Å²) in [7, 11) is 3.24. The van der Waals surface area contributed by atoms with Crippen LogP contribution < -0.4 is 19.1 Å². The van der Waals surface area contributed by atoms with Crippen LogP contribution in [-0.4, -0.2) is 55.5 Å². The minimum absolute atomic E-state index is 0.0181. The first-order chi connectivity index (χ1) is 14.7. The summed E-state index contributed by atoms with van der Waals surface area (Å²) >= 11 is 1.06. The molecule has 0 bridgehead atoms. The van der Waals surface area contributed by atoms with Gasteiger partial charge in [-0.2, -0.15) is 0 Å². The zero-order chi connectivity index (χ0) is 20.9. The van der Waals surface area contributed by atoms with Gasteiger partial charge in [-0.25, -0.2) is 4.98 Å². The first-order valence-electron chi connectivity index (χ1n) is 9.72. The lowest BCUT2D eigenvalue weighted by Gasteiger charge is -2.35. The molecular formula is C22H24N4O3S. The minimum Gasteiger partial charge on any atom is -0.497 e. The van der Waals surface area contributed by atoms with Crippen molar-refractivity contribution in [3.63, 3.8) is 0 Å². The normalized spacial score (nSPS) is 13.9. The van der Waals surface area contributed by atoms with Crippen LogP contribution in [0.25, 0.3) is 10.9 Å². The number of piperazine rings is 1. The molecule has 30 heavy (non-hydrogen) atoms. The fourth-order valence-electron chi connectivity index (χ4n) is 3.44. The van der Waals surface area contributed by atoms with Crippen molar-refractivity contribution in [1.29, 1.82) is 0 Å². The van der Waals surface area contributed by atoms with Gasteiger partial charge in [0, 0.05) is 55.3 Å². The standard InChI is InChI=1S/C22H24N4O3S/c1-28-18-8-5-7-17(15-18)25-10-12-26(13-11-25)22(27)30-24-20-14-16-6-3-4-9-19(16)23-21(20)29-2/h3-9,14-15,24H,10-13H2,1-2H3. The van der Waals surface area contributed by atoms with Crippen LogP contribution in [0.5, 0.6) is 11.6 Å². The van der Waals surface area contributed by atoms with Crippen LogP contribution in [0.2, 0.25) is 0 Å². The Balaban J connectivity index is 1.36. The van der Waals surface area contributed by atoms with E-state index in [-0.39, 0.29) is 5.24 Å². The van der Waals surface area contributed by atoms with Crippen LogP contribution >= 0.6 is 11.9 Å². The minimum atomic E-state index is -0.0181. The number of ether oxygens (including phenoxy) is 2. The number of pyridine rings is 1. The molecule has 7 nitrogen and oxygen atoms in total. The number of amides is 1. The maximum atomic E-state index is 12.7. The van der Waals surface area contributed by atoms with Crippen molar-refractivity contribution in [3.8, 4) is 11.6 Å². The van der Waals surface area contributed by atoms with Crippen molar-refractivity contribution in [2.75, 3.05) is 50.0 Å². The third-order valence-corrected chi connectivity index (χ3v) is 5.84.